The lowest BCUT2D eigenvalue weighted by Gasteiger charge is -2.55. The number of hydrogen-bond acceptors (Lipinski definition) is 5. The molecule has 8 nitrogen and oxygen atoms in total. The highest BCUT2D eigenvalue weighted by Crippen LogP contribution is 2.53. The number of amides is 2. The summed E-state index contributed by atoms with van der Waals surface area (Å²) in [6.07, 6.45) is 1.10. The molecule has 1 saturated heterocycles. The number of carbonyl (C=O) groups is 2. The van der Waals surface area contributed by atoms with Crippen LogP contribution in [0.25, 0.3) is 0 Å². The van der Waals surface area contributed by atoms with Crippen LogP contribution in [0.3, 0.4) is 0 Å². The van der Waals surface area contributed by atoms with Gasteiger partial charge in [0.05, 0.1) is 30.4 Å². The summed E-state index contributed by atoms with van der Waals surface area (Å²) in [4.78, 5) is 25.1. The van der Waals surface area contributed by atoms with Crippen LogP contribution in [-0.2, 0) is 4.79 Å². The molecule has 26 heavy (non-hydrogen) atoms. The number of nitriles is 1. The van der Waals surface area contributed by atoms with E-state index in [9.17, 15) is 30.2 Å². The van der Waals surface area contributed by atoms with Gasteiger partial charge in [-0.1, -0.05) is 32.9 Å². The molecule has 0 aromatic rings. The van der Waals surface area contributed by atoms with Crippen molar-refractivity contribution in [3.63, 3.8) is 0 Å². The first-order valence-electron chi connectivity index (χ1n) is 8.59. The summed E-state index contributed by atoms with van der Waals surface area (Å²) < 4.78 is 0. The summed E-state index contributed by atoms with van der Waals surface area (Å²) in [7, 11) is 0. The Morgan fingerprint density at radius 2 is 2.04 bits per heavy atom. The Balaban J connectivity index is 3.85. The predicted molar refractivity (Wildman–Crippen MR) is 95.1 cm³/mol. The van der Waals surface area contributed by atoms with Crippen LogP contribution in [0.1, 0.15) is 41.0 Å². The first-order chi connectivity index (χ1) is 12.0. The number of likely N-dealkylation sites (tertiary alicyclic amines) is 1. The fraction of sp³-hybridized carbons (Fsp3) is 0.722. The van der Waals surface area contributed by atoms with Crippen molar-refractivity contribution >= 4 is 12.0 Å². The predicted octanol–water partition coefficient (Wildman–Crippen LogP) is 1.10. The fourth-order valence-corrected chi connectivity index (χ4v) is 4.41. The third kappa shape index (κ3) is 3.55. The number of hydrogen-bond donors (Lipinski definition) is 4. The van der Waals surface area contributed by atoms with E-state index in [1.807, 2.05) is 6.07 Å². The third-order valence-electron chi connectivity index (χ3n) is 5.14. The molecule has 8 heteroatoms. The van der Waals surface area contributed by atoms with E-state index >= 15 is 0 Å². The molecular formula is C18H29N3O5. The SMILES string of the molecule is CC=C[C@@H]1C[C@H](C#N)N(C(=O)O)[C@@]1([C@@H](NC(C)=O)[C@H](O)CO)C(C)(C)C. The van der Waals surface area contributed by atoms with Crippen LogP contribution in [0, 0.1) is 22.7 Å². The van der Waals surface area contributed by atoms with E-state index in [1.165, 1.54) is 6.92 Å². The molecule has 0 aromatic heterocycles. The summed E-state index contributed by atoms with van der Waals surface area (Å²) in [6, 6.07) is -0.00164. The molecule has 0 radical (unpaired) electrons. The summed E-state index contributed by atoms with van der Waals surface area (Å²) in [6.45, 7) is 7.80. The van der Waals surface area contributed by atoms with Gasteiger partial charge in [-0.15, -0.1) is 0 Å². The molecule has 1 fully saturated rings. The molecule has 1 heterocycles. The quantitative estimate of drug-likeness (QED) is 0.538. The van der Waals surface area contributed by atoms with Crippen molar-refractivity contribution in [2.75, 3.05) is 6.61 Å². The second-order valence-electron chi connectivity index (χ2n) is 7.67. The number of aliphatic hydroxyl groups is 2. The Morgan fingerprint density at radius 3 is 2.38 bits per heavy atom. The maximum absolute atomic E-state index is 12.2. The molecule has 4 N–H and O–H groups in total. The van der Waals surface area contributed by atoms with Crippen LogP contribution in [-0.4, -0.2) is 62.6 Å². The first-order valence-corrected chi connectivity index (χ1v) is 8.59. The smallest absolute Gasteiger partial charge is 0.408 e. The van der Waals surface area contributed by atoms with Crippen molar-refractivity contribution in [3.05, 3.63) is 12.2 Å². The molecule has 146 valence electrons. The molecule has 0 bridgehead atoms. The number of aliphatic hydroxyl groups excluding tert-OH is 2. The van der Waals surface area contributed by atoms with Crippen molar-refractivity contribution in [2.45, 2.75) is 64.8 Å². The zero-order valence-electron chi connectivity index (χ0n) is 15.9. The van der Waals surface area contributed by atoms with E-state index < -0.39 is 53.7 Å². The number of rotatable bonds is 5. The summed E-state index contributed by atoms with van der Waals surface area (Å²) in [5, 5.41) is 42.2. The Morgan fingerprint density at radius 1 is 1.46 bits per heavy atom. The highest BCUT2D eigenvalue weighted by atomic mass is 16.4. The maximum Gasteiger partial charge on any atom is 0.408 e. The highest BCUT2D eigenvalue weighted by Gasteiger charge is 2.65. The van der Waals surface area contributed by atoms with E-state index in [0.717, 1.165) is 4.90 Å². The summed E-state index contributed by atoms with van der Waals surface area (Å²) >= 11 is 0. The van der Waals surface area contributed by atoms with E-state index in [1.54, 1.807) is 39.8 Å². The van der Waals surface area contributed by atoms with Gasteiger partial charge in [0.15, 0.2) is 0 Å². The van der Waals surface area contributed by atoms with Gasteiger partial charge in [-0.05, 0) is 18.8 Å². The summed E-state index contributed by atoms with van der Waals surface area (Å²) in [5.41, 5.74) is -2.11. The number of nitrogens with one attached hydrogen (secondary N) is 1. The molecule has 1 aliphatic heterocycles. The zero-order chi connectivity index (χ0) is 20.3. The second kappa shape index (κ2) is 8.06. The first kappa shape index (κ1) is 21.9. The molecule has 0 aromatic carbocycles. The van der Waals surface area contributed by atoms with Crippen LogP contribution >= 0.6 is 0 Å². The number of carboxylic acid groups (broad SMARTS) is 1. The van der Waals surface area contributed by atoms with Crippen molar-refractivity contribution in [1.29, 1.82) is 5.26 Å². The molecule has 2 amide bonds. The Bertz CT molecular complexity index is 607. The molecule has 0 spiro atoms. The molecule has 0 aliphatic carbocycles. The van der Waals surface area contributed by atoms with Gasteiger partial charge < -0.3 is 20.6 Å². The zero-order valence-corrected chi connectivity index (χ0v) is 15.9. The van der Waals surface area contributed by atoms with Crippen LogP contribution in [0.2, 0.25) is 0 Å². The number of nitrogens with zero attached hydrogens (tertiary/aromatic N) is 2. The van der Waals surface area contributed by atoms with Crippen molar-refractivity contribution in [3.8, 4) is 6.07 Å². The minimum absolute atomic E-state index is 0.235. The Labute approximate surface area is 154 Å². The van der Waals surface area contributed by atoms with Crippen LogP contribution < -0.4 is 5.32 Å². The molecular weight excluding hydrogens is 338 g/mol. The minimum atomic E-state index is -1.40. The van der Waals surface area contributed by atoms with Gasteiger partial charge in [0, 0.05) is 12.8 Å². The highest BCUT2D eigenvalue weighted by molar-refractivity contribution is 5.74. The van der Waals surface area contributed by atoms with Gasteiger partial charge in [0.25, 0.3) is 0 Å². The van der Waals surface area contributed by atoms with Crippen LogP contribution in [0.5, 0.6) is 0 Å². The van der Waals surface area contributed by atoms with E-state index in [2.05, 4.69) is 5.32 Å². The van der Waals surface area contributed by atoms with Gasteiger partial charge in [0.1, 0.15) is 6.04 Å². The standard InChI is InChI=1S/C18H29N3O5/c1-6-7-12-8-13(9-19)21(16(25)26)18(12,17(3,4)5)15(14(24)10-22)20-11(2)23/h6-7,12-15,22,24H,8,10H2,1-5H3,(H,20,23)(H,25,26)/t12-,13-,14-,15+,18+/m1/s1. The third-order valence-corrected chi connectivity index (χ3v) is 5.14. The summed E-state index contributed by atoms with van der Waals surface area (Å²) in [5.74, 6) is -0.901. The molecule has 1 rings (SSSR count). The lowest BCUT2D eigenvalue weighted by Crippen LogP contribution is -2.73. The molecule has 1 aliphatic rings. The average molecular weight is 367 g/mol. The van der Waals surface area contributed by atoms with Gasteiger partial charge in [-0.3, -0.25) is 9.69 Å². The lowest BCUT2D eigenvalue weighted by atomic mass is 9.61. The average Bonchev–Trinajstić information content (AvgIpc) is 2.87. The van der Waals surface area contributed by atoms with Crippen molar-refractivity contribution in [1.82, 2.24) is 10.2 Å². The normalized spacial score (nSPS) is 28.6. The fourth-order valence-electron chi connectivity index (χ4n) is 4.41. The monoisotopic (exact) mass is 367 g/mol. The molecule has 0 unspecified atom stereocenters. The number of carbonyl (C=O) groups excluding carboxylic acids is 1. The largest absolute Gasteiger partial charge is 0.465 e. The van der Waals surface area contributed by atoms with Gasteiger partial charge in [-0.25, -0.2) is 4.79 Å². The Hall–Kier alpha value is -2.11. The van der Waals surface area contributed by atoms with E-state index in [4.69, 9.17) is 0 Å². The van der Waals surface area contributed by atoms with Crippen LogP contribution in [0.4, 0.5) is 4.79 Å². The Kier molecular flexibility index (Phi) is 6.80. The number of allylic oxidation sites excluding steroid dienone is 1. The maximum atomic E-state index is 12.2. The van der Waals surface area contributed by atoms with Crippen molar-refractivity contribution < 1.29 is 24.9 Å². The van der Waals surface area contributed by atoms with Crippen LogP contribution in [0.15, 0.2) is 12.2 Å². The van der Waals surface area contributed by atoms with E-state index in [-0.39, 0.29) is 6.42 Å². The molecule has 5 atom stereocenters. The minimum Gasteiger partial charge on any atom is -0.465 e. The van der Waals surface area contributed by atoms with Gasteiger partial charge in [0.2, 0.25) is 5.91 Å². The van der Waals surface area contributed by atoms with Gasteiger partial charge >= 0.3 is 6.09 Å². The van der Waals surface area contributed by atoms with Crippen molar-refractivity contribution in [2.24, 2.45) is 11.3 Å². The second-order valence-corrected chi connectivity index (χ2v) is 7.67. The lowest BCUT2D eigenvalue weighted by molar-refractivity contribution is -0.126. The van der Waals surface area contributed by atoms with Gasteiger partial charge in [-0.2, -0.15) is 5.26 Å². The molecule has 0 saturated carbocycles. The van der Waals surface area contributed by atoms with E-state index in [0.29, 0.717) is 0 Å². The topological polar surface area (TPSA) is 134 Å².